The van der Waals surface area contributed by atoms with Gasteiger partial charge in [0.1, 0.15) is 12.2 Å². The van der Waals surface area contributed by atoms with Crippen LogP contribution in [0, 0.1) is 0 Å². The first kappa shape index (κ1) is 43.8. The van der Waals surface area contributed by atoms with Crippen LogP contribution in [0.15, 0.2) is 24.3 Å². The van der Waals surface area contributed by atoms with Gasteiger partial charge in [-0.15, -0.1) is 0 Å². The molecule has 4 atom stereocenters. The minimum Gasteiger partial charge on any atom is -0.394 e. The van der Waals surface area contributed by atoms with Crippen molar-refractivity contribution in [3.63, 3.8) is 0 Å². The third-order valence-corrected chi connectivity index (χ3v) is 8.89. The zero-order chi connectivity index (χ0) is 33.2. The molecule has 0 aliphatic rings. The normalized spacial score (nSPS) is 14.7. The summed E-state index contributed by atoms with van der Waals surface area (Å²) in [4.78, 5) is 12.4. The number of allylic oxidation sites excluding steroid dienone is 4. The minimum absolute atomic E-state index is 0.362. The lowest BCUT2D eigenvalue weighted by atomic mass is 10.00. The van der Waals surface area contributed by atoms with Gasteiger partial charge in [0.15, 0.2) is 0 Å². The zero-order valence-corrected chi connectivity index (χ0v) is 29.6. The van der Waals surface area contributed by atoms with Crippen LogP contribution in [0.4, 0.5) is 0 Å². The predicted molar refractivity (Wildman–Crippen MR) is 191 cm³/mol. The third-order valence-electron chi connectivity index (χ3n) is 8.89. The number of carbonyl (C=O) groups is 1. The molecule has 0 aliphatic heterocycles. The smallest absolute Gasteiger partial charge is 0.249 e. The molecule has 0 aromatic heterocycles. The molecule has 0 bridgehead atoms. The van der Waals surface area contributed by atoms with Crippen molar-refractivity contribution in [3.8, 4) is 0 Å². The number of aliphatic hydroxyl groups excluding tert-OH is 4. The summed E-state index contributed by atoms with van der Waals surface area (Å²) in [6.07, 6.45) is 36.4. The molecule has 0 radical (unpaired) electrons. The fraction of sp³-hybridized carbons (Fsp3) is 0.872. The lowest BCUT2D eigenvalue weighted by molar-refractivity contribution is -0.132. The van der Waals surface area contributed by atoms with Gasteiger partial charge in [-0.2, -0.15) is 0 Å². The molecule has 4 unspecified atom stereocenters. The van der Waals surface area contributed by atoms with Crippen LogP contribution in [0.5, 0.6) is 0 Å². The van der Waals surface area contributed by atoms with Gasteiger partial charge in [0.25, 0.3) is 0 Å². The van der Waals surface area contributed by atoms with Crippen LogP contribution < -0.4 is 5.32 Å². The molecule has 1 amide bonds. The van der Waals surface area contributed by atoms with Crippen molar-refractivity contribution in [2.45, 2.75) is 212 Å². The van der Waals surface area contributed by atoms with E-state index in [2.05, 4.69) is 43.5 Å². The van der Waals surface area contributed by atoms with Crippen LogP contribution in [0.3, 0.4) is 0 Å². The molecule has 0 rings (SSSR count). The first-order valence-corrected chi connectivity index (χ1v) is 19.2. The second-order valence-corrected chi connectivity index (χ2v) is 13.3. The number of carbonyl (C=O) groups excluding carboxylic acids is 1. The second-order valence-electron chi connectivity index (χ2n) is 13.3. The van der Waals surface area contributed by atoms with Crippen LogP contribution in [-0.2, 0) is 4.79 Å². The van der Waals surface area contributed by atoms with E-state index in [4.69, 9.17) is 0 Å². The van der Waals surface area contributed by atoms with E-state index >= 15 is 0 Å². The van der Waals surface area contributed by atoms with E-state index in [0.717, 1.165) is 38.5 Å². The Balaban J connectivity index is 3.85. The molecule has 5 N–H and O–H groups in total. The van der Waals surface area contributed by atoms with Crippen molar-refractivity contribution in [2.24, 2.45) is 0 Å². The Bertz CT molecular complexity index is 682. The highest BCUT2D eigenvalue weighted by Crippen LogP contribution is 2.14. The summed E-state index contributed by atoms with van der Waals surface area (Å²) < 4.78 is 0. The van der Waals surface area contributed by atoms with E-state index in [0.29, 0.717) is 19.3 Å². The summed E-state index contributed by atoms with van der Waals surface area (Å²) in [5, 5.41) is 43.4. The monoisotopic (exact) mass is 638 g/mol. The second kappa shape index (κ2) is 34.1. The fourth-order valence-corrected chi connectivity index (χ4v) is 5.77. The van der Waals surface area contributed by atoms with E-state index in [1.165, 1.54) is 116 Å². The Morgan fingerprint density at radius 2 is 0.933 bits per heavy atom. The SMILES string of the molecule is CCCCCCCCCCCC/C=C/CC/C=C/CCCC(O)C(O)C(CO)NC(=O)C(O)CCCCCCCCCCCC. The van der Waals surface area contributed by atoms with E-state index < -0.39 is 36.9 Å². The minimum atomic E-state index is -1.28. The Hall–Kier alpha value is -1.21. The molecule has 45 heavy (non-hydrogen) atoms. The molecule has 6 heteroatoms. The Labute approximate surface area is 278 Å². The molecule has 0 saturated heterocycles. The molecule has 6 nitrogen and oxygen atoms in total. The highest BCUT2D eigenvalue weighted by Gasteiger charge is 2.28. The van der Waals surface area contributed by atoms with Crippen LogP contribution in [0.25, 0.3) is 0 Å². The molecule has 0 aliphatic carbocycles. The first-order valence-electron chi connectivity index (χ1n) is 19.2. The number of amides is 1. The number of aliphatic hydroxyl groups is 4. The Morgan fingerprint density at radius 1 is 0.533 bits per heavy atom. The lowest BCUT2D eigenvalue weighted by Gasteiger charge is -2.27. The van der Waals surface area contributed by atoms with Crippen molar-refractivity contribution >= 4 is 5.91 Å². The van der Waals surface area contributed by atoms with E-state index in [1.54, 1.807) is 0 Å². The Morgan fingerprint density at radius 3 is 1.40 bits per heavy atom. The first-order chi connectivity index (χ1) is 22.0. The molecule has 0 heterocycles. The maximum Gasteiger partial charge on any atom is 0.249 e. The number of hydrogen-bond acceptors (Lipinski definition) is 5. The Kier molecular flexibility index (Phi) is 33.2. The molecule has 0 spiro atoms. The van der Waals surface area contributed by atoms with Crippen LogP contribution in [0.1, 0.15) is 187 Å². The van der Waals surface area contributed by atoms with Gasteiger partial charge in [-0.25, -0.2) is 0 Å². The summed E-state index contributed by atoms with van der Waals surface area (Å²) in [6.45, 7) is 4.00. The summed E-state index contributed by atoms with van der Waals surface area (Å²) in [5.41, 5.74) is 0. The average molecular weight is 638 g/mol. The van der Waals surface area contributed by atoms with Gasteiger partial charge in [-0.1, -0.05) is 160 Å². The standard InChI is InChI=1S/C39H75NO5/c1-3-5-7-9-11-13-15-16-17-18-19-20-21-22-23-25-26-28-30-32-36(42)38(44)35(34-41)40-39(45)37(43)33-31-29-27-24-14-12-10-8-6-4-2/h20-21,25-26,35-38,41-44H,3-19,22-24,27-34H2,1-2H3,(H,40,45)/b21-20+,26-25+. The molecular weight excluding hydrogens is 562 g/mol. The topological polar surface area (TPSA) is 110 Å². The van der Waals surface area contributed by atoms with Gasteiger partial charge in [0.05, 0.1) is 18.8 Å². The summed E-state index contributed by atoms with van der Waals surface area (Å²) >= 11 is 0. The van der Waals surface area contributed by atoms with E-state index in [1.807, 2.05) is 0 Å². The van der Waals surface area contributed by atoms with Crippen molar-refractivity contribution < 1.29 is 25.2 Å². The third kappa shape index (κ3) is 28.7. The summed E-state index contributed by atoms with van der Waals surface area (Å²) in [5.74, 6) is -0.600. The van der Waals surface area contributed by atoms with Gasteiger partial charge in [-0.3, -0.25) is 4.79 Å². The largest absolute Gasteiger partial charge is 0.394 e. The van der Waals surface area contributed by atoms with Crippen molar-refractivity contribution in [3.05, 3.63) is 24.3 Å². The van der Waals surface area contributed by atoms with Crippen LogP contribution >= 0.6 is 0 Å². The molecule has 0 aromatic carbocycles. The number of unbranched alkanes of at least 4 members (excludes halogenated alkanes) is 21. The predicted octanol–water partition coefficient (Wildman–Crippen LogP) is 9.23. The van der Waals surface area contributed by atoms with Crippen molar-refractivity contribution in [1.29, 1.82) is 0 Å². The maximum atomic E-state index is 12.4. The number of rotatable bonds is 34. The summed E-state index contributed by atoms with van der Waals surface area (Å²) in [6, 6.07) is -1.00. The molecule has 0 saturated carbocycles. The van der Waals surface area contributed by atoms with Gasteiger partial charge < -0.3 is 25.7 Å². The quantitative estimate of drug-likeness (QED) is 0.0357. The van der Waals surface area contributed by atoms with Crippen LogP contribution in [0.2, 0.25) is 0 Å². The highest BCUT2D eigenvalue weighted by atomic mass is 16.3. The zero-order valence-electron chi connectivity index (χ0n) is 29.6. The fourth-order valence-electron chi connectivity index (χ4n) is 5.77. The molecular formula is C39H75NO5. The van der Waals surface area contributed by atoms with Crippen LogP contribution in [-0.4, -0.2) is 57.3 Å². The van der Waals surface area contributed by atoms with E-state index in [9.17, 15) is 25.2 Å². The average Bonchev–Trinajstić information content (AvgIpc) is 3.04. The van der Waals surface area contributed by atoms with Gasteiger partial charge in [-0.05, 0) is 51.4 Å². The van der Waals surface area contributed by atoms with Gasteiger partial charge in [0, 0.05) is 0 Å². The highest BCUT2D eigenvalue weighted by molar-refractivity contribution is 5.80. The van der Waals surface area contributed by atoms with Gasteiger partial charge in [0.2, 0.25) is 5.91 Å². The van der Waals surface area contributed by atoms with Crippen molar-refractivity contribution in [1.82, 2.24) is 5.32 Å². The lowest BCUT2D eigenvalue weighted by Crippen LogP contribution is -2.53. The summed E-state index contributed by atoms with van der Waals surface area (Å²) in [7, 11) is 0. The molecule has 266 valence electrons. The van der Waals surface area contributed by atoms with Crippen molar-refractivity contribution in [2.75, 3.05) is 6.61 Å². The number of nitrogens with one attached hydrogen (secondary N) is 1. The molecule has 0 aromatic rings. The van der Waals surface area contributed by atoms with Gasteiger partial charge >= 0.3 is 0 Å². The number of hydrogen-bond donors (Lipinski definition) is 5. The maximum absolute atomic E-state index is 12.4. The van der Waals surface area contributed by atoms with E-state index in [-0.39, 0.29) is 0 Å². The molecule has 0 fully saturated rings.